The van der Waals surface area contributed by atoms with Gasteiger partial charge in [-0.1, -0.05) is 19.3 Å². The standard InChI is InChI=1S/C22H25N3O5/c1-13-11-14(2)24-18(12-13)23-20(17-9-10-19(29-17)30-22(27)28)21(24)25(15(3)26)16-7-5-4-6-8-16/h9-12,16H,4-8H2,1-3H3,(H,27,28). The molecule has 3 aromatic heterocycles. The summed E-state index contributed by atoms with van der Waals surface area (Å²) in [5.74, 6) is 0.807. The summed E-state index contributed by atoms with van der Waals surface area (Å²) in [6.07, 6.45) is 3.75. The zero-order chi connectivity index (χ0) is 21.4. The van der Waals surface area contributed by atoms with Crippen LogP contribution in [-0.2, 0) is 4.79 Å². The summed E-state index contributed by atoms with van der Waals surface area (Å²) >= 11 is 0. The van der Waals surface area contributed by atoms with Crippen molar-refractivity contribution in [2.24, 2.45) is 0 Å². The lowest BCUT2D eigenvalue weighted by molar-refractivity contribution is -0.117. The number of hydrogen-bond acceptors (Lipinski definition) is 5. The number of amides is 1. The van der Waals surface area contributed by atoms with Gasteiger partial charge in [0, 0.05) is 24.7 Å². The van der Waals surface area contributed by atoms with E-state index >= 15 is 0 Å². The third kappa shape index (κ3) is 3.65. The first-order valence-corrected chi connectivity index (χ1v) is 10.2. The second kappa shape index (κ2) is 7.85. The number of anilines is 1. The average molecular weight is 411 g/mol. The summed E-state index contributed by atoms with van der Waals surface area (Å²) in [5.41, 5.74) is 3.21. The van der Waals surface area contributed by atoms with Gasteiger partial charge in [-0.05, 0) is 50.5 Å². The number of pyridine rings is 1. The Hall–Kier alpha value is -3.29. The first-order valence-electron chi connectivity index (χ1n) is 10.2. The van der Waals surface area contributed by atoms with E-state index in [2.05, 4.69) is 4.74 Å². The van der Waals surface area contributed by atoms with E-state index in [1.165, 1.54) is 12.5 Å². The molecule has 1 aliphatic carbocycles. The molecular formula is C22H25N3O5. The van der Waals surface area contributed by atoms with E-state index in [-0.39, 0.29) is 17.9 Å². The van der Waals surface area contributed by atoms with Crippen LogP contribution in [0.1, 0.15) is 50.3 Å². The fraction of sp³-hybridized carbons (Fsp3) is 0.409. The topological polar surface area (TPSA) is 97.3 Å². The van der Waals surface area contributed by atoms with Crippen LogP contribution in [-0.4, -0.2) is 32.6 Å². The average Bonchev–Trinajstić information content (AvgIpc) is 3.27. The molecule has 1 aliphatic rings. The normalized spacial score (nSPS) is 14.8. The van der Waals surface area contributed by atoms with Crippen molar-refractivity contribution >= 4 is 23.5 Å². The first kappa shape index (κ1) is 20.0. The van der Waals surface area contributed by atoms with E-state index in [1.54, 1.807) is 13.0 Å². The number of furan rings is 1. The minimum atomic E-state index is -1.45. The summed E-state index contributed by atoms with van der Waals surface area (Å²) in [6, 6.07) is 7.14. The molecule has 3 heterocycles. The van der Waals surface area contributed by atoms with Crippen LogP contribution in [0.25, 0.3) is 17.1 Å². The minimum absolute atomic E-state index is 0.0570. The van der Waals surface area contributed by atoms with E-state index in [1.807, 2.05) is 35.3 Å². The van der Waals surface area contributed by atoms with Gasteiger partial charge < -0.3 is 14.3 Å². The van der Waals surface area contributed by atoms with E-state index < -0.39 is 6.16 Å². The molecule has 158 valence electrons. The van der Waals surface area contributed by atoms with Crippen LogP contribution in [0, 0.1) is 13.8 Å². The number of carbonyl (C=O) groups is 2. The molecule has 8 heteroatoms. The number of aromatic nitrogens is 2. The van der Waals surface area contributed by atoms with Gasteiger partial charge in [0.25, 0.3) is 5.95 Å². The van der Waals surface area contributed by atoms with Gasteiger partial charge in [0.15, 0.2) is 11.6 Å². The van der Waals surface area contributed by atoms with E-state index in [0.29, 0.717) is 22.9 Å². The zero-order valence-corrected chi connectivity index (χ0v) is 17.3. The third-order valence-electron chi connectivity index (χ3n) is 5.54. The summed E-state index contributed by atoms with van der Waals surface area (Å²) in [7, 11) is 0. The van der Waals surface area contributed by atoms with Crippen LogP contribution in [0.4, 0.5) is 10.6 Å². The Bertz CT molecular complexity index is 1110. The van der Waals surface area contributed by atoms with Crippen molar-refractivity contribution in [2.45, 2.75) is 58.9 Å². The highest BCUT2D eigenvalue weighted by Crippen LogP contribution is 2.38. The SMILES string of the molecule is CC(=O)N(c1c(-c2ccc(OC(=O)O)o2)nc2cc(C)cc(C)n12)C1CCCCC1. The molecule has 30 heavy (non-hydrogen) atoms. The van der Waals surface area contributed by atoms with Crippen molar-refractivity contribution in [1.29, 1.82) is 0 Å². The molecule has 0 spiro atoms. The molecule has 1 saturated carbocycles. The number of fused-ring (bicyclic) bond motifs is 1. The third-order valence-corrected chi connectivity index (χ3v) is 5.54. The lowest BCUT2D eigenvalue weighted by atomic mass is 9.94. The van der Waals surface area contributed by atoms with Crippen LogP contribution < -0.4 is 9.64 Å². The molecule has 0 unspecified atom stereocenters. The number of carboxylic acid groups (broad SMARTS) is 1. The predicted octanol–water partition coefficient (Wildman–Crippen LogP) is 4.95. The second-order valence-corrected chi connectivity index (χ2v) is 7.82. The van der Waals surface area contributed by atoms with E-state index in [4.69, 9.17) is 14.5 Å². The molecule has 0 aromatic carbocycles. The quantitative estimate of drug-likeness (QED) is 0.610. The number of carbonyl (C=O) groups excluding carboxylic acids is 1. The summed E-state index contributed by atoms with van der Waals surface area (Å²) < 4.78 is 12.2. The Kier molecular flexibility index (Phi) is 5.24. The molecular weight excluding hydrogens is 386 g/mol. The number of rotatable bonds is 4. The molecule has 0 atom stereocenters. The molecule has 0 saturated heterocycles. The Morgan fingerprint density at radius 2 is 1.93 bits per heavy atom. The molecule has 0 bridgehead atoms. The van der Waals surface area contributed by atoms with Crippen LogP contribution in [0.15, 0.2) is 28.7 Å². The van der Waals surface area contributed by atoms with Crippen molar-refractivity contribution in [3.63, 3.8) is 0 Å². The maximum Gasteiger partial charge on any atom is 0.513 e. The van der Waals surface area contributed by atoms with Gasteiger partial charge in [0.05, 0.1) is 0 Å². The summed E-state index contributed by atoms with van der Waals surface area (Å²) in [4.78, 5) is 30.3. The molecule has 0 aliphatic heterocycles. The maximum atomic E-state index is 12.8. The van der Waals surface area contributed by atoms with Crippen molar-refractivity contribution in [2.75, 3.05) is 4.90 Å². The molecule has 8 nitrogen and oxygen atoms in total. The molecule has 0 radical (unpaired) electrons. The van der Waals surface area contributed by atoms with Crippen molar-refractivity contribution in [3.8, 4) is 17.4 Å². The molecule has 1 fully saturated rings. The highest BCUT2D eigenvalue weighted by atomic mass is 16.7. The lowest BCUT2D eigenvalue weighted by Crippen LogP contribution is -2.41. The molecule has 3 aromatic rings. The molecule has 1 amide bonds. The zero-order valence-electron chi connectivity index (χ0n) is 17.3. The summed E-state index contributed by atoms with van der Waals surface area (Å²) in [5, 5.41) is 8.86. The van der Waals surface area contributed by atoms with Crippen molar-refractivity contribution < 1.29 is 23.8 Å². The van der Waals surface area contributed by atoms with Gasteiger partial charge in [-0.3, -0.25) is 14.1 Å². The van der Waals surface area contributed by atoms with Crippen LogP contribution >= 0.6 is 0 Å². The fourth-order valence-corrected chi connectivity index (χ4v) is 4.41. The molecule has 1 N–H and O–H groups in total. The predicted molar refractivity (Wildman–Crippen MR) is 111 cm³/mol. The first-order chi connectivity index (χ1) is 14.3. The second-order valence-electron chi connectivity index (χ2n) is 7.82. The van der Waals surface area contributed by atoms with Crippen molar-refractivity contribution in [1.82, 2.24) is 9.38 Å². The Balaban J connectivity index is 1.93. The monoisotopic (exact) mass is 411 g/mol. The summed E-state index contributed by atoms with van der Waals surface area (Å²) in [6.45, 7) is 5.55. The number of nitrogens with zero attached hydrogens (tertiary/aromatic N) is 3. The Morgan fingerprint density at radius 1 is 1.20 bits per heavy atom. The van der Waals surface area contributed by atoms with Gasteiger partial charge >= 0.3 is 6.16 Å². The van der Waals surface area contributed by atoms with Crippen LogP contribution in [0.3, 0.4) is 0 Å². The Morgan fingerprint density at radius 3 is 2.60 bits per heavy atom. The fourth-order valence-electron chi connectivity index (χ4n) is 4.41. The van der Waals surface area contributed by atoms with Gasteiger partial charge in [-0.15, -0.1) is 0 Å². The Labute approximate surface area is 174 Å². The van der Waals surface area contributed by atoms with E-state index in [9.17, 15) is 9.59 Å². The number of imidazole rings is 1. The molecule has 4 rings (SSSR count). The smallest absolute Gasteiger partial charge is 0.449 e. The van der Waals surface area contributed by atoms with Gasteiger partial charge in [0.2, 0.25) is 5.91 Å². The number of ether oxygens (including phenoxy) is 1. The lowest BCUT2D eigenvalue weighted by Gasteiger charge is -2.33. The maximum absolute atomic E-state index is 12.8. The number of hydrogen-bond donors (Lipinski definition) is 1. The highest BCUT2D eigenvalue weighted by molar-refractivity contribution is 5.95. The number of aryl methyl sites for hydroxylation is 2. The van der Waals surface area contributed by atoms with E-state index in [0.717, 1.165) is 36.9 Å². The highest BCUT2D eigenvalue weighted by Gasteiger charge is 2.32. The van der Waals surface area contributed by atoms with Crippen LogP contribution in [0.5, 0.6) is 5.95 Å². The minimum Gasteiger partial charge on any atom is -0.449 e. The van der Waals surface area contributed by atoms with Crippen LogP contribution in [0.2, 0.25) is 0 Å². The van der Waals surface area contributed by atoms with Gasteiger partial charge in [-0.2, -0.15) is 0 Å². The largest absolute Gasteiger partial charge is 0.513 e. The van der Waals surface area contributed by atoms with Gasteiger partial charge in [-0.25, -0.2) is 9.78 Å². The van der Waals surface area contributed by atoms with Crippen molar-refractivity contribution in [3.05, 3.63) is 35.5 Å². The van der Waals surface area contributed by atoms with Gasteiger partial charge in [0.1, 0.15) is 11.3 Å².